The maximum atomic E-state index is 12.9. The molecule has 0 aliphatic carbocycles. The third kappa shape index (κ3) is 1.90. The van der Waals surface area contributed by atoms with Crippen molar-refractivity contribution in [3.05, 3.63) is 42.2 Å². The van der Waals surface area contributed by atoms with Crippen molar-refractivity contribution in [2.24, 2.45) is 0 Å². The van der Waals surface area contributed by atoms with Crippen molar-refractivity contribution < 1.29 is 13.2 Å². The van der Waals surface area contributed by atoms with E-state index in [1.807, 2.05) is 0 Å². The van der Waals surface area contributed by atoms with Crippen LogP contribution in [0.4, 0.5) is 13.2 Å². The zero-order chi connectivity index (χ0) is 13.5. The molecule has 3 aromatic heterocycles. The molecule has 0 N–H and O–H groups in total. The van der Waals surface area contributed by atoms with Crippen LogP contribution in [0.5, 0.6) is 0 Å². The second-order valence-electron chi connectivity index (χ2n) is 3.71. The lowest BCUT2D eigenvalue weighted by Crippen LogP contribution is -2.09. The number of halogens is 3. The van der Waals surface area contributed by atoms with Crippen LogP contribution in [-0.2, 0) is 6.18 Å². The summed E-state index contributed by atoms with van der Waals surface area (Å²) in [6, 6.07) is 5.39. The lowest BCUT2D eigenvalue weighted by atomic mass is 10.2. The Labute approximate surface area is 104 Å². The molecule has 0 aliphatic rings. The molecule has 0 radical (unpaired) electrons. The monoisotopic (exact) mass is 265 g/mol. The van der Waals surface area contributed by atoms with Gasteiger partial charge in [0.15, 0.2) is 5.65 Å². The molecule has 5 nitrogen and oxygen atoms in total. The third-order valence-corrected chi connectivity index (χ3v) is 2.50. The van der Waals surface area contributed by atoms with Crippen molar-refractivity contribution in [3.63, 3.8) is 0 Å². The number of nitrogens with zero attached hydrogens (tertiary/aromatic N) is 5. The summed E-state index contributed by atoms with van der Waals surface area (Å²) in [5.74, 6) is -0.0384. The van der Waals surface area contributed by atoms with Crippen molar-refractivity contribution in [2.45, 2.75) is 6.18 Å². The normalized spacial score (nSPS) is 11.9. The minimum atomic E-state index is -4.51. The molecule has 0 saturated heterocycles. The maximum Gasteiger partial charge on any atom is 0.418 e. The van der Waals surface area contributed by atoms with Crippen molar-refractivity contribution in [1.82, 2.24) is 24.8 Å². The maximum absolute atomic E-state index is 12.9. The van der Waals surface area contributed by atoms with E-state index < -0.39 is 11.7 Å². The Balaban J connectivity index is 2.28. The summed E-state index contributed by atoms with van der Waals surface area (Å²) in [5, 5.41) is 11.4. The Bertz CT molecular complexity index is 734. The van der Waals surface area contributed by atoms with E-state index in [0.717, 1.165) is 6.07 Å². The standard InChI is InChI=1S/C11H6F3N5/c12-11(13,14)7-3-1-5-15-9(7)10-18-17-8-4-2-6-16-19(8)10/h1-6H. The smallest absolute Gasteiger partial charge is 0.252 e. The van der Waals surface area contributed by atoms with Gasteiger partial charge in [0.2, 0.25) is 5.82 Å². The molecule has 0 atom stereocenters. The fourth-order valence-electron chi connectivity index (χ4n) is 1.70. The summed E-state index contributed by atoms with van der Waals surface area (Å²) in [6.45, 7) is 0. The number of aromatic nitrogens is 5. The molecular formula is C11H6F3N5. The van der Waals surface area contributed by atoms with Gasteiger partial charge in [-0.3, -0.25) is 4.98 Å². The van der Waals surface area contributed by atoms with Gasteiger partial charge in [0.1, 0.15) is 5.69 Å². The van der Waals surface area contributed by atoms with Gasteiger partial charge in [-0.15, -0.1) is 10.2 Å². The highest BCUT2D eigenvalue weighted by molar-refractivity contribution is 5.58. The summed E-state index contributed by atoms with van der Waals surface area (Å²) in [6.07, 6.45) is -1.80. The van der Waals surface area contributed by atoms with Crippen LogP contribution in [0.25, 0.3) is 17.2 Å². The van der Waals surface area contributed by atoms with Crippen LogP contribution < -0.4 is 0 Å². The van der Waals surface area contributed by atoms with E-state index in [1.54, 1.807) is 12.1 Å². The Morgan fingerprint density at radius 2 is 1.79 bits per heavy atom. The van der Waals surface area contributed by atoms with Gasteiger partial charge < -0.3 is 0 Å². The molecule has 3 aromatic rings. The Morgan fingerprint density at radius 3 is 2.58 bits per heavy atom. The van der Waals surface area contributed by atoms with Gasteiger partial charge in [-0.1, -0.05) is 0 Å². The minimum Gasteiger partial charge on any atom is -0.252 e. The fourth-order valence-corrected chi connectivity index (χ4v) is 1.70. The van der Waals surface area contributed by atoms with Crippen molar-refractivity contribution in [3.8, 4) is 11.5 Å². The Morgan fingerprint density at radius 1 is 1.00 bits per heavy atom. The van der Waals surface area contributed by atoms with E-state index in [0.29, 0.717) is 5.65 Å². The van der Waals surface area contributed by atoms with Crippen LogP contribution in [0.3, 0.4) is 0 Å². The first-order valence-electron chi connectivity index (χ1n) is 5.26. The van der Waals surface area contributed by atoms with E-state index >= 15 is 0 Å². The van der Waals surface area contributed by atoms with E-state index in [4.69, 9.17) is 0 Å². The van der Waals surface area contributed by atoms with Gasteiger partial charge in [0, 0.05) is 12.4 Å². The highest BCUT2D eigenvalue weighted by atomic mass is 19.4. The molecule has 3 heterocycles. The highest BCUT2D eigenvalue weighted by Gasteiger charge is 2.35. The Hall–Kier alpha value is -2.51. The van der Waals surface area contributed by atoms with Gasteiger partial charge in [0.25, 0.3) is 0 Å². The lowest BCUT2D eigenvalue weighted by molar-refractivity contribution is -0.137. The van der Waals surface area contributed by atoms with Crippen LogP contribution in [0.1, 0.15) is 5.56 Å². The molecular weight excluding hydrogens is 259 g/mol. The average Bonchev–Trinajstić information content (AvgIpc) is 2.81. The summed E-state index contributed by atoms with van der Waals surface area (Å²) in [4.78, 5) is 3.75. The average molecular weight is 265 g/mol. The number of hydrogen-bond acceptors (Lipinski definition) is 4. The van der Waals surface area contributed by atoms with Crippen LogP contribution >= 0.6 is 0 Å². The predicted molar refractivity (Wildman–Crippen MR) is 59.0 cm³/mol. The number of pyridine rings is 1. The third-order valence-electron chi connectivity index (χ3n) is 2.50. The molecule has 0 unspecified atom stereocenters. The molecule has 96 valence electrons. The lowest BCUT2D eigenvalue weighted by Gasteiger charge is -2.09. The molecule has 19 heavy (non-hydrogen) atoms. The second-order valence-corrected chi connectivity index (χ2v) is 3.71. The topological polar surface area (TPSA) is 56.0 Å². The van der Waals surface area contributed by atoms with E-state index in [2.05, 4.69) is 20.3 Å². The molecule has 0 saturated carbocycles. The van der Waals surface area contributed by atoms with Crippen molar-refractivity contribution >= 4 is 5.65 Å². The van der Waals surface area contributed by atoms with Crippen LogP contribution in [0.2, 0.25) is 0 Å². The van der Waals surface area contributed by atoms with Gasteiger partial charge >= 0.3 is 6.18 Å². The van der Waals surface area contributed by atoms with E-state index in [1.165, 1.54) is 23.0 Å². The fraction of sp³-hybridized carbons (Fsp3) is 0.0909. The molecule has 0 aliphatic heterocycles. The van der Waals surface area contributed by atoms with Crippen LogP contribution in [0.15, 0.2) is 36.7 Å². The van der Waals surface area contributed by atoms with E-state index in [-0.39, 0.29) is 11.5 Å². The number of alkyl halides is 3. The van der Waals surface area contributed by atoms with Gasteiger partial charge in [-0.25, -0.2) is 0 Å². The zero-order valence-electron chi connectivity index (χ0n) is 9.33. The molecule has 3 rings (SSSR count). The number of fused-ring (bicyclic) bond motifs is 1. The molecule has 0 aromatic carbocycles. The minimum absolute atomic E-state index is 0.0384. The predicted octanol–water partition coefficient (Wildman–Crippen LogP) is 2.21. The first-order valence-corrected chi connectivity index (χ1v) is 5.26. The molecule has 0 spiro atoms. The molecule has 8 heteroatoms. The van der Waals surface area contributed by atoms with Crippen LogP contribution in [-0.4, -0.2) is 24.8 Å². The summed E-state index contributed by atoms with van der Waals surface area (Å²) in [5.41, 5.74) is -0.799. The molecule has 0 bridgehead atoms. The quantitative estimate of drug-likeness (QED) is 0.677. The van der Waals surface area contributed by atoms with Crippen molar-refractivity contribution in [2.75, 3.05) is 0 Å². The second kappa shape index (κ2) is 4.01. The molecule has 0 fully saturated rings. The first-order chi connectivity index (χ1) is 9.07. The van der Waals surface area contributed by atoms with E-state index in [9.17, 15) is 13.2 Å². The highest BCUT2D eigenvalue weighted by Crippen LogP contribution is 2.34. The number of hydrogen-bond donors (Lipinski definition) is 0. The summed E-state index contributed by atoms with van der Waals surface area (Å²) < 4.78 is 40.0. The zero-order valence-corrected chi connectivity index (χ0v) is 9.33. The number of rotatable bonds is 1. The summed E-state index contributed by atoms with van der Waals surface area (Å²) >= 11 is 0. The summed E-state index contributed by atoms with van der Waals surface area (Å²) in [7, 11) is 0. The van der Waals surface area contributed by atoms with Crippen molar-refractivity contribution in [1.29, 1.82) is 0 Å². The Kier molecular flexibility index (Phi) is 2.44. The van der Waals surface area contributed by atoms with Crippen LogP contribution in [0, 0.1) is 0 Å². The van der Waals surface area contributed by atoms with Gasteiger partial charge in [0.05, 0.1) is 5.56 Å². The largest absolute Gasteiger partial charge is 0.418 e. The van der Waals surface area contributed by atoms with Gasteiger partial charge in [-0.05, 0) is 24.3 Å². The van der Waals surface area contributed by atoms with Gasteiger partial charge in [-0.2, -0.15) is 22.8 Å². The first kappa shape index (κ1) is 11.6. The molecule has 0 amide bonds. The SMILES string of the molecule is FC(F)(F)c1cccnc1-c1nnc2cccnn12.